The average molecular weight is 247 g/mol. The van der Waals surface area contributed by atoms with E-state index in [1.807, 2.05) is 12.1 Å². The quantitative estimate of drug-likeness (QED) is 0.894. The van der Waals surface area contributed by atoms with Crippen molar-refractivity contribution in [2.45, 2.75) is 19.6 Å². The molecule has 1 N–H and O–H groups in total. The zero-order valence-electron chi connectivity index (χ0n) is 10.1. The topological polar surface area (TPSA) is 23.5 Å². The van der Waals surface area contributed by atoms with Gasteiger partial charge in [-0.2, -0.15) is 0 Å². The highest BCUT2D eigenvalue weighted by atomic mass is 32.1. The summed E-state index contributed by atoms with van der Waals surface area (Å²) in [4.78, 5) is 3.60. The van der Waals surface area contributed by atoms with Crippen molar-refractivity contribution in [3.63, 3.8) is 0 Å². The van der Waals surface area contributed by atoms with E-state index in [4.69, 9.17) is 5.11 Å². The van der Waals surface area contributed by atoms with E-state index in [2.05, 4.69) is 48.5 Å². The molecule has 2 rings (SSSR count). The van der Waals surface area contributed by atoms with Gasteiger partial charge in [0.1, 0.15) is 0 Å². The lowest BCUT2D eigenvalue weighted by Crippen LogP contribution is -2.20. The molecule has 0 saturated heterocycles. The van der Waals surface area contributed by atoms with Gasteiger partial charge in [0.25, 0.3) is 0 Å². The van der Waals surface area contributed by atoms with Crippen molar-refractivity contribution in [3.05, 3.63) is 52.2 Å². The fraction of sp³-hybridized carbons (Fsp3) is 0.286. The number of thiophene rings is 1. The normalized spacial score (nSPS) is 12.4. The summed E-state index contributed by atoms with van der Waals surface area (Å²) < 4.78 is 0. The fourth-order valence-corrected chi connectivity index (χ4v) is 2.61. The Hall–Kier alpha value is -1.32. The number of aliphatic hydroxyl groups excluding tert-OH is 1. The van der Waals surface area contributed by atoms with Crippen molar-refractivity contribution in [2.24, 2.45) is 0 Å². The van der Waals surface area contributed by atoms with Crippen LogP contribution < -0.4 is 4.90 Å². The molecule has 0 aliphatic heterocycles. The van der Waals surface area contributed by atoms with E-state index in [9.17, 15) is 0 Å². The van der Waals surface area contributed by atoms with Crippen molar-refractivity contribution in [1.29, 1.82) is 0 Å². The lowest BCUT2D eigenvalue weighted by Gasteiger charge is -2.26. The molecule has 2 nitrogen and oxygen atoms in total. The Morgan fingerprint density at radius 2 is 1.94 bits per heavy atom. The molecule has 3 heteroatoms. The summed E-state index contributed by atoms with van der Waals surface area (Å²) >= 11 is 1.78. The third-order valence-electron chi connectivity index (χ3n) is 3.06. The molecule has 1 unspecified atom stereocenters. The molecule has 0 bridgehead atoms. The minimum atomic E-state index is 0.102. The maximum Gasteiger partial charge on any atom is 0.0681 e. The highest BCUT2D eigenvalue weighted by molar-refractivity contribution is 7.10. The van der Waals surface area contributed by atoms with Gasteiger partial charge in [-0.05, 0) is 36.1 Å². The van der Waals surface area contributed by atoms with Gasteiger partial charge in [0.05, 0.1) is 12.6 Å². The van der Waals surface area contributed by atoms with E-state index in [0.29, 0.717) is 6.04 Å². The minimum absolute atomic E-state index is 0.102. The van der Waals surface area contributed by atoms with Gasteiger partial charge < -0.3 is 10.0 Å². The van der Waals surface area contributed by atoms with Crippen molar-refractivity contribution < 1.29 is 5.11 Å². The molecule has 0 spiro atoms. The van der Waals surface area contributed by atoms with Gasteiger partial charge in [0.15, 0.2) is 0 Å². The highest BCUT2D eigenvalue weighted by Gasteiger charge is 2.12. The maximum absolute atomic E-state index is 9.01. The van der Waals surface area contributed by atoms with Crippen molar-refractivity contribution in [2.75, 3.05) is 11.9 Å². The lowest BCUT2D eigenvalue weighted by molar-refractivity contribution is 0.282. The van der Waals surface area contributed by atoms with Crippen molar-refractivity contribution in [3.8, 4) is 0 Å². The number of rotatable bonds is 4. The van der Waals surface area contributed by atoms with Crippen LogP contribution in [0.25, 0.3) is 0 Å². The summed E-state index contributed by atoms with van der Waals surface area (Å²) in [5, 5.41) is 11.1. The number of hydrogen-bond acceptors (Lipinski definition) is 3. The van der Waals surface area contributed by atoms with Gasteiger partial charge in [-0.15, -0.1) is 11.3 Å². The van der Waals surface area contributed by atoms with E-state index >= 15 is 0 Å². The Balaban J connectivity index is 2.16. The van der Waals surface area contributed by atoms with Crippen LogP contribution in [-0.2, 0) is 6.61 Å². The molecule has 0 radical (unpaired) electrons. The molecule has 1 atom stereocenters. The van der Waals surface area contributed by atoms with E-state index in [0.717, 1.165) is 5.56 Å². The molecular formula is C14H17NOS. The van der Waals surface area contributed by atoms with Gasteiger partial charge in [0, 0.05) is 17.6 Å². The molecule has 0 aliphatic rings. The van der Waals surface area contributed by atoms with E-state index in [1.165, 1.54) is 10.6 Å². The van der Waals surface area contributed by atoms with Crippen LogP contribution in [0.5, 0.6) is 0 Å². The predicted octanol–water partition coefficient (Wildman–Crippen LogP) is 3.44. The third kappa shape index (κ3) is 2.68. The molecule has 0 aliphatic carbocycles. The molecular weight excluding hydrogens is 230 g/mol. The second-order valence-electron chi connectivity index (χ2n) is 4.13. The number of anilines is 1. The van der Waals surface area contributed by atoms with Crippen molar-refractivity contribution in [1.82, 2.24) is 0 Å². The summed E-state index contributed by atoms with van der Waals surface area (Å²) in [7, 11) is 2.10. The van der Waals surface area contributed by atoms with E-state index in [-0.39, 0.29) is 6.61 Å². The first-order valence-corrected chi connectivity index (χ1v) is 6.56. The van der Waals surface area contributed by atoms with Crippen LogP contribution in [-0.4, -0.2) is 12.2 Å². The second kappa shape index (κ2) is 5.34. The summed E-state index contributed by atoms with van der Waals surface area (Å²) in [6.45, 7) is 2.30. The number of aliphatic hydroxyl groups is 1. The molecule has 1 aromatic carbocycles. The van der Waals surface area contributed by atoms with E-state index in [1.54, 1.807) is 11.3 Å². The smallest absolute Gasteiger partial charge is 0.0681 e. The zero-order valence-corrected chi connectivity index (χ0v) is 10.9. The van der Waals surface area contributed by atoms with Crippen LogP contribution in [0.1, 0.15) is 23.4 Å². The van der Waals surface area contributed by atoms with Gasteiger partial charge in [-0.3, -0.25) is 0 Å². The first-order chi connectivity index (χ1) is 8.22. The third-order valence-corrected chi connectivity index (χ3v) is 4.10. The summed E-state index contributed by atoms with van der Waals surface area (Å²) in [6, 6.07) is 12.6. The molecule has 2 aromatic rings. The molecule has 0 fully saturated rings. The van der Waals surface area contributed by atoms with Crippen LogP contribution in [0.4, 0.5) is 5.69 Å². The van der Waals surface area contributed by atoms with E-state index < -0.39 is 0 Å². The first kappa shape index (κ1) is 12.1. The highest BCUT2D eigenvalue weighted by Crippen LogP contribution is 2.28. The molecule has 1 aromatic heterocycles. The largest absolute Gasteiger partial charge is 0.392 e. The first-order valence-electron chi connectivity index (χ1n) is 5.68. The van der Waals surface area contributed by atoms with Gasteiger partial charge in [-0.25, -0.2) is 0 Å². The summed E-state index contributed by atoms with van der Waals surface area (Å²) in [6.07, 6.45) is 0. The molecule has 0 amide bonds. The maximum atomic E-state index is 9.01. The monoisotopic (exact) mass is 247 g/mol. The number of nitrogens with zero attached hydrogens (tertiary/aromatic N) is 1. The van der Waals surface area contributed by atoms with Gasteiger partial charge in [0.2, 0.25) is 0 Å². The molecule has 0 saturated carbocycles. The molecule has 17 heavy (non-hydrogen) atoms. The Kier molecular flexibility index (Phi) is 3.82. The SMILES string of the molecule is CC(c1cccs1)N(C)c1ccc(CO)cc1. The van der Waals surface area contributed by atoms with Crippen molar-refractivity contribution >= 4 is 17.0 Å². The zero-order chi connectivity index (χ0) is 12.3. The molecule has 1 heterocycles. The predicted molar refractivity (Wildman–Crippen MR) is 73.5 cm³/mol. The van der Waals surface area contributed by atoms with Crippen LogP contribution in [0.3, 0.4) is 0 Å². The number of benzene rings is 1. The van der Waals surface area contributed by atoms with Crippen LogP contribution in [0, 0.1) is 0 Å². The van der Waals surface area contributed by atoms with Crippen LogP contribution >= 0.6 is 11.3 Å². The molecule has 90 valence electrons. The second-order valence-corrected chi connectivity index (χ2v) is 5.11. The van der Waals surface area contributed by atoms with Gasteiger partial charge in [-0.1, -0.05) is 18.2 Å². The fourth-order valence-electron chi connectivity index (χ4n) is 1.78. The lowest BCUT2D eigenvalue weighted by atomic mass is 10.1. The standard InChI is InChI=1S/C14H17NOS/c1-11(14-4-3-9-17-14)15(2)13-7-5-12(10-16)6-8-13/h3-9,11,16H,10H2,1-2H3. The van der Waals surface area contributed by atoms with Gasteiger partial charge >= 0.3 is 0 Å². The average Bonchev–Trinajstić information content (AvgIpc) is 2.91. The Labute approximate surface area is 106 Å². The summed E-state index contributed by atoms with van der Waals surface area (Å²) in [5.41, 5.74) is 2.12. The Morgan fingerprint density at radius 3 is 2.47 bits per heavy atom. The van der Waals surface area contributed by atoms with Crippen LogP contribution in [0.15, 0.2) is 41.8 Å². The van der Waals surface area contributed by atoms with Crippen LogP contribution in [0.2, 0.25) is 0 Å². The minimum Gasteiger partial charge on any atom is -0.392 e. The Morgan fingerprint density at radius 1 is 1.24 bits per heavy atom. The Bertz CT molecular complexity index is 450. The number of hydrogen-bond donors (Lipinski definition) is 1. The summed E-state index contributed by atoms with van der Waals surface area (Å²) in [5.74, 6) is 0.